The van der Waals surface area contributed by atoms with Crippen LogP contribution in [0.2, 0.25) is 5.02 Å². The van der Waals surface area contributed by atoms with Gasteiger partial charge in [-0.1, -0.05) is 47.6 Å². The van der Waals surface area contributed by atoms with Gasteiger partial charge in [0, 0.05) is 11.1 Å². The maximum atomic E-state index is 12.5. The van der Waals surface area contributed by atoms with Crippen molar-refractivity contribution in [2.45, 2.75) is 16.2 Å². The highest BCUT2D eigenvalue weighted by molar-refractivity contribution is 8.18. The molecule has 1 aliphatic rings. The van der Waals surface area contributed by atoms with Crippen molar-refractivity contribution >= 4 is 85.2 Å². The molecule has 174 valence electrons. The first-order valence-corrected chi connectivity index (χ1v) is 13.1. The van der Waals surface area contributed by atoms with Gasteiger partial charge in [-0.2, -0.15) is 0 Å². The number of halogens is 1. The molecule has 5 rings (SSSR count). The predicted molar refractivity (Wildman–Crippen MR) is 144 cm³/mol. The second-order valence-corrected chi connectivity index (χ2v) is 11.2. The number of hydrogen-bond acceptors (Lipinski definition) is 8. The molecule has 1 amide bonds. The summed E-state index contributed by atoms with van der Waals surface area (Å²) in [5.41, 5.74) is 2.92. The fourth-order valence-corrected chi connectivity index (χ4v) is 6.37. The highest BCUT2D eigenvalue weighted by Gasteiger charge is 2.25. The molecule has 11 heteroatoms. The van der Waals surface area contributed by atoms with E-state index in [0.717, 1.165) is 20.1 Å². The number of rotatable bonds is 5. The molecular formula is C24H15ClN4O3S3. The largest absolute Gasteiger partial charge is 0.300 e. The molecule has 1 saturated heterocycles. The van der Waals surface area contributed by atoms with Crippen molar-refractivity contribution < 1.29 is 9.72 Å². The zero-order valence-corrected chi connectivity index (χ0v) is 21.2. The average molecular weight is 539 g/mol. The molecule has 35 heavy (non-hydrogen) atoms. The Kier molecular flexibility index (Phi) is 6.61. The molecule has 0 aliphatic carbocycles. The van der Waals surface area contributed by atoms with Gasteiger partial charge < -0.3 is 5.32 Å². The number of thioether (sulfide) groups is 1. The molecule has 1 N–H and O–H groups in total. The Morgan fingerprint density at radius 3 is 2.77 bits per heavy atom. The van der Waals surface area contributed by atoms with Gasteiger partial charge in [0.05, 0.1) is 30.6 Å². The fraction of sp³-hybridized carbons (Fsp3) is 0.0417. The Hall–Kier alpha value is -3.18. The average Bonchev–Trinajstić information content (AvgIpc) is 3.39. The number of benzene rings is 3. The third-order valence-corrected chi connectivity index (χ3v) is 8.47. The van der Waals surface area contributed by atoms with Crippen molar-refractivity contribution in [2.75, 3.05) is 0 Å². The molecule has 0 bridgehead atoms. The van der Waals surface area contributed by atoms with Gasteiger partial charge in [-0.25, -0.2) is 9.98 Å². The molecule has 0 radical (unpaired) electrons. The number of carbonyl (C=O) groups is 1. The molecule has 1 aromatic heterocycles. The number of nitro benzene ring substituents is 1. The lowest BCUT2D eigenvalue weighted by Crippen LogP contribution is -2.19. The normalized spacial score (nSPS) is 15.8. The standard InChI is InChI=1S/C24H15ClN4O3S3/c1-13-6-8-15(12-16(13)25)26-23-28-22(30)21(33-23)11-14-7-9-20(18(10-14)29(31)32)35-24-27-17-4-2-3-5-19(17)34-24/h2-12H,1H3,(H,26,28,30)/b21-11-. The number of hydrogen-bond donors (Lipinski definition) is 1. The molecule has 0 spiro atoms. The smallest absolute Gasteiger partial charge is 0.283 e. The minimum atomic E-state index is -0.423. The molecule has 3 aromatic carbocycles. The number of nitro groups is 1. The van der Waals surface area contributed by atoms with Crippen molar-refractivity contribution in [3.05, 3.63) is 91.8 Å². The van der Waals surface area contributed by atoms with E-state index in [2.05, 4.69) is 15.3 Å². The summed E-state index contributed by atoms with van der Waals surface area (Å²) >= 11 is 10.1. The van der Waals surface area contributed by atoms with Gasteiger partial charge in [-0.15, -0.1) is 11.3 Å². The lowest BCUT2D eigenvalue weighted by molar-refractivity contribution is -0.387. The van der Waals surface area contributed by atoms with Crippen LogP contribution in [0.4, 0.5) is 11.4 Å². The van der Waals surface area contributed by atoms with Crippen LogP contribution in [0.15, 0.2) is 79.8 Å². The number of amidine groups is 1. The highest BCUT2D eigenvalue weighted by atomic mass is 35.5. The van der Waals surface area contributed by atoms with E-state index in [0.29, 0.717) is 31.2 Å². The Balaban J connectivity index is 1.39. The summed E-state index contributed by atoms with van der Waals surface area (Å²) in [6.07, 6.45) is 1.61. The zero-order chi connectivity index (χ0) is 24.5. The first-order chi connectivity index (χ1) is 16.9. The van der Waals surface area contributed by atoms with Gasteiger partial charge in [-0.05, 0) is 66.2 Å². The van der Waals surface area contributed by atoms with Crippen LogP contribution < -0.4 is 5.32 Å². The molecular weight excluding hydrogens is 524 g/mol. The van der Waals surface area contributed by atoms with Crippen LogP contribution in [0.5, 0.6) is 0 Å². The van der Waals surface area contributed by atoms with Gasteiger partial charge in [-0.3, -0.25) is 14.9 Å². The summed E-state index contributed by atoms with van der Waals surface area (Å²) in [5, 5.41) is 15.5. The topological polar surface area (TPSA) is 97.5 Å². The summed E-state index contributed by atoms with van der Waals surface area (Å²) in [6.45, 7) is 1.90. The van der Waals surface area contributed by atoms with Crippen molar-refractivity contribution in [1.82, 2.24) is 10.3 Å². The van der Waals surface area contributed by atoms with Gasteiger partial charge in [0.1, 0.15) is 0 Å². The molecule has 2 heterocycles. The van der Waals surface area contributed by atoms with E-state index >= 15 is 0 Å². The summed E-state index contributed by atoms with van der Waals surface area (Å²) in [5.74, 6) is -0.317. The number of nitrogens with zero attached hydrogens (tertiary/aromatic N) is 3. The van der Waals surface area contributed by atoms with Gasteiger partial charge >= 0.3 is 0 Å². The van der Waals surface area contributed by atoms with Crippen LogP contribution >= 0.6 is 46.5 Å². The Morgan fingerprint density at radius 2 is 2.00 bits per heavy atom. The predicted octanol–water partition coefficient (Wildman–Crippen LogP) is 7.21. The van der Waals surface area contributed by atoms with Gasteiger partial charge in [0.25, 0.3) is 11.6 Å². The Bertz CT molecular complexity index is 1530. The molecule has 0 unspecified atom stereocenters. The monoisotopic (exact) mass is 538 g/mol. The van der Waals surface area contributed by atoms with E-state index in [1.165, 1.54) is 40.9 Å². The maximum Gasteiger partial charge on any atom is 0.283 e. The Labute approximate surface area is 217 Å². The molecule has 0 saturated carbocycles. The van der Waals surface area contributed by atoms with Crippen LogP contribution in [0.25, 0.3) is 16.3 Å². The molecule has 1 fully saturated rings. The number of amides is 1. The SMILES string of the molecule is Cc1ccc(N=C2NC(=O)/C(=C/c3ccc(Sc4nc5ccccc5s4)c([N+](=O)[O-])c3)S2)cc1Cl. The molecule has 4 aromatic rings. The number of aliphatic imine (C=N–C) groups is 1. The molecule has 7 nitrogen and oxygen atoms in total. The number of fused-ring (bicyclic) bond motifs is 1. The van der Waals surface area contributed by atoms with E-state index < -0.39 is 4.92 Å². The fourth-order valence-electron chi connectivity index (χ4n) is 3.24. The van der Waals surface area contributed by atoms with Crippen LogP contribution in [-0.2, 0) is 4.79 Å². The van der Waals surface area contributed by atoms with E-state index in [4.69, 9.17) is 11.6 Å². The Morgan fingerprint density at radius 1 is 1.17 bits per heavy atom. The van der Waals surface area contributed by atoms with Crippen molar-refractivity contribution in [1.29, 1.82) is 0 Å². The first-order valence-electron chi connectivity index (χ1n) is 10.2. The number of aryl methyl sites for hydroxylation is 1. The minimum absolute atomic E-state index is 0.0461. The molecule has 1 aliphatic heterocycles. The third-order valence-electron chi connectivity index (χ3n) is 4.99. The van der Waals surface area contributed by atoms with E-state index in [1.54, 1.807) is 24.3 Å². The first kappa shape index (κ1) is 23.6. The maximum absolute atomic E-state index is 12.5. The quantitative estimate of drug-likeness (QED) is 0.164. The lowest BCUT2D eigenvalue weighted by atomic mass is 10.2. The van der Waals surface area contributed by atoms with E-state index in [-0.39, 0.29) is 11.6 Å². The second-order valence-electron chi connectivity index (χ2n) is 7.45. The zero-order valence-electron chi connectivity index (χ0n) is 18.0. The highest BCUT2D eigenvalue weighted by Crippen LogP contribution is 2.39. The van der Waals surface area contributed by atoms with E-state index in [1.807, 2.05) is 43.3 Å². The van der Waals surface area contributed by atoms with Gasteiger partial charge in [0.2, 0.25) is 0 Å². The lowest BCUT2D eigenvalue weighted by Gasteiger charge is -2.02. The summed E-state index contributed by atoms with van der Waals surface area (Å²) in [4.78, 5) is 33.7. The second kappa shape index (κ2) is 9.82. The number of thiazole rings is 1. The summed E-state index contributed by atoms with van der Waals surface area (Å²) < 4.78 is 1.75. The minimum Gasteiger partial charge on any atom is -0.300 e. The van der Waals surface area contributed by atoms with Gasteiger partial charge in [0.15, 0.2) is 9.51 Å². The van der Waals surface area contributed by atoms with Crippen LogP contribution in [0.1, 0.15) is 11.1 Å². The number of para-hydroxylation sites is 1. The van der Waals surface area contributed by atoms with Crippen LogP contribution in [0.3, 0.4) is 0 Å². The number of aromatic nitrogens is 1. The summed E-state index contributed by atoms with van der Waals surface area (Å²) in [6, 6.07) is 18.0. The van der Waals surface area contributed by atoms with Crippen LogP contribution in [0, 0.1) is 17.0 Å². The third kappa shape index (κ3) is 5.25. The number of nitrogens with one attached hydrogen (secondary N) is 1. The van der Waals surface area contributed by atoms with Crippen molar-refractivity contribution in [3.8, 4) is 0 Å². The van der Waals surface area contributed by atoms with Crippen molar-refractivity contribution in [3.63, 3.8) is 0 Å². The van der Waals surface area contributed by atoms with Crippen molar-refractivity contribution in [2.24, 2.45) is 4.99 Å². The summed E-state index contributed by atoms with van der Waals surface area (Å²) in [7, 11) is 0. The molecule has 0 atom stereocenters. The van der Waals surface area contributed by atoms with Crippen LogP contribution in [-0.4, -0.2) is 21.0 Å². The van der Waals surface area contributed by atoms with E-state index in [9.17, 15) is 14.9 Å². The number of carbonyl (C=O) groups excluding carboxylic acids is 1.